The molecule has 2 heteroatoms. The molecule has 0 radical (unpaired) electrons. The summed E-state index contributed by atoms with van der Waals surface area (Å²) in [6, 6.07) is 0. The molecule has 3 rings (SSSR count). The van der Waals surface area contributed by atoms with Gasteiger partial charge in [0.1, 0.15) is 5.78 Å². The Hall–Kier alpha value is -0.370. The first-order valence-corrected chi connectivity index (χ1v) is 9.04. The Balaban J connectivity index is 1.80. The first-order valence-electron chi connectivity index (χ1n) is 9.04. The van der Waals surface area contributed by atoms with Gasteiger partial charge in [-0.1, -0.05) is 20.3 Å². The smallest absolute Gasteiger partial charge is 0.129 e. The van der Waals surface area contributed by atoms with Gasteiger partial charge < -0.3 is 9.90 Å². The minimum absolute atomic E-state index is 0.0751. The van der Waals surface area contributed by atoms with Crippen molar-refractivity contribution in [1.29, 1.82) is 0 Å². The Morgan fingerprint density at radius 1 is 1.10 bits per heavy atom. The van der Waals surface area contributed by atoms with Gasteiger partial charge in [0.2, 0.25) is 0 Å². The zero-order valence-electron chi connectivity index (χ0n) is 14.0. The fraction of sp³-hybridized carbons (Fsp3) is 0.947. The van der Waals surface area contributed by atoms with E-state index in [0.29, 0.717) is 11.2 Å². The van der Waals surface area contributed by atoms with Gasteiger partial charge in [0.05, 0.1) is 6.10 Å². The molecule has 0 unspecified atom stereocenters. The number of ketones is 1. The standard InChI is InChI=1S/C19H32O2/c1-13(20)8-11-18(2)10-4-5-14-15(18)9-12-19(3)16(14)6-7-17(19)21/h14-17,21H,4-12H2,1-3H3/t14-,15+,16+,17+,18-,19+/m1/s1. The lowest BCUT2D eigenvalue weighted by molar-refractivity contribution is -0.119. The van der Waals surface area contributed by atoms with Gasteiger partial charge in [0.15, 0.2) is 0 Å². The Morgan fingerprint density at radius 2 is 1.86 bits per heavy atom. The highest BCUT2D eigenvalue weighted by Gasteiger charge is 2.57. The van der Waals surface area contributed by atoms with Crippen molar-refractivity contribution >= 4 is 5.78 Å². The Labute approximate surface area is 129 Å². The number of carbonyl (C=O) groups excluding carboxylic acids is 1. The lowest BCUT2D eigenvalue weighted by Gasteiger charge is -2.56. The first-order chi connectivity index (χ1) is 9.87. The molecular formula is C19H32O2. The van der Waals surface area contributed by atoms with Gasteiger partial charge >= 0.3 is 0 Å². The van der Waals surface area contributed by atoms with Crippen LogP contribution in [0.1, 0.15) is 78.6 Å². The molecule has 120 valence electrons. The van der Waals surface area contributed by atoms with E-state index in [1.807, 2.05) is 0 Å². The van der Waals surface area contributed by atoms with Crippen LogP contribution in [0, 0.1) is 28.6 Å². The van der Waals surface area contributed by atoms with Crippen molar-refractivity contribution in [3.05, 3.63) is 0 Å². The van der Waals surface area contributed by atoms with Crippen LogP contribution in [0.25, 0.3) is 0 Å². The summed E-state index contributed by atoms with van der Waals surface area (Å²) in [5, 5.41) is 10.4. The Bertz CT molecular complexity index is 418. The summed E-state index contributed by atoms with van der Waals surface area (Å²) in [5.74, 6) is 2.65. The largest absolute Gasteiger partial charge is 0.393 e. The van der Waals surface area contributed by atoms with E-state index in [1.54, 1.807) is 6.92 Å². The van der Waals surface area contributed by atoms with E-state index >= 15 is 0 Å². The van der Waals surface area contributed by atoms with Crippen LogP contribution < -0.4 is 0 Å². The maximum absolute atomic E-state index is 11.4. The van der Waals surface area contributed by atoms with Crippen molar-refractivity contribution in [2.45, 2.75) is 84.7 Å². The summed E-state index contributed by atoms with van der Waals surface area (Å²) in [6.07, 6.45) is 10.4. The number of hydrogen-bond acceptors (Lipinski definition) is 2. The van der Waals surface area contributed by atoms with Gasteiger partial charge in [-0.05, 0) is 80.5 Å². The van der Waals surface area contributed by atoms with Crippen molar-refractivity contribution in [2.24, 2.45) is 28.6 Å². The molecule has 0 aliphatic heterocycles. The number of fused-ring (bicyclic) bond motifs is 3. The van der Waals surface area contributed by atoms with Crippen molar-refractivity contribution in [3.63, 3.8) is 0 Å². The number of Topliss-reactive ketones (excluding diaryl/α,β-unsaturated/α-hetero) is 1. The minimum atomic E-state index is -0.0751. The third-order valence-corrected chi connectivity index (χ3v) is 7.62. The molecular weight excluding hydrogens is 260 g/mol. The molecule has 1 N–H and O–H groups in total. The summed E-state index contributed by atoms with van der Waals surface area (Å²) in [7, 11) is 0. The molecule has 3 saturated carbocycles. The number of carbonyl (C=O) groups is 1. The fourth-order valence-corrected chi connectivity index (χ4v) is 6.23. The monoisotopic (exact) mass is 292 g/mol. The quantitative estimate of drug-likeness (QED) is 0.839. The van der Waals surface area contributed by atoms with Crippen LogP contribution in [0.3, 0.4) is 0 Å². The van der Waals surface area contributed by atoms with E-state index in [-0.39, 0.29) is 11.5 Å². The molecule has 0 bridgehead atoms. The van der Waals surface area contributed by atoms with Crippen LogP contribution in [-0.4, -0.2) is 17.0 Å². The number of aliphatic hydroxyl groups excluding tert-OH is 1. The zero-order valence-corrected chi connectivity index (χ0v) is 14.0. The molecule has 0 aromatic carbocycles. The summed E-state index contributed by atoms with van der Waals surface area (Å²) >= 11 is 0. The van der Waals surface area contributed by atoms with Gasteiger partial charge in [-0.2, -0.15) is 0 Å². The molecule has 21 heavy (non-hydrogen) atoms. The third kappa shape index (κ3) is 2.48. The van der Waals surface area contributed by atoms with E-state index < -0.39 is 0 Å². The van der Waals surface area contributed by atoms with Gasteiger partial charge in [-0.3, -0.25) is 0 Å². The highest BCUT2D eigenvalue weighted by atomic mass is 16.3. The van der Waals surface area contributed by atoms with Gasteiger partial charge in [0, 0.05) is 6.42 Å². The second kappa shape index (κ2) is 5.37. The highest BCUT2D eigenvalue weighted by molar-refractivity contribution is 5.75. The van der Waals surface area contributed by atoms with E-state index in [0.717, 1.165) is 37.0 Å². The van der Waals surface area contributed by atoms with Gasteiger partial charge in [-0.25, -0.2) is 0 Å². The molecule has 2 nitrogen and oxygen atoms in total. The first kappa shape index (κ1) is 15.5. The zero-order chi connectivity index (χ0) is 15.3. The van der Waals surface area contributed by atoms with E-state index in [1.165, 1.54) is 38.5 Å². The number of rotatable bonds is 3. The van der Waals surface area contributed by atoms with Crippen molar-refractivity contribution < 1.29 is 9.90 Å². The summed E-state index contributed by atoms with van der Waals surface area (Å²) in [5.41, 5.74) is 0.545. The predicted molar refractivity (Wildman–Crippen MR) is 84.9 cm³/mol. The molecule has 0 aromatic heterocycles. The molecule has 6 atom stereocenters. The molecule has 0 aromatic rings. The highest BCUT2D eigenvalue weighted by Crippen LogP contribution is 2.63. The Morgan fingerprint density at radius 3 is 2.57 bits per heavy atom. The van der Waals surface area contributed by atoms with Crippen LogP contribution in [0.2, 0.25) is 0 Å². The van der Waals surface area contributed by atoms with Gasteiger partial charge in [0.25, 0.3) is 0 Å². The molecule has 3 aliphatic rings. The summed E-state index contributed by atoms with van der Waals surface area (Å²) in [4.78, 5) is 11.4. The molecule has 0 saturated heterocycles. The average molecular weight is 292 g/mol. The summed E-state index contributed by atoms with van der Waals surface area (Å²) in [6.45, 7) is 6.52. The third-order valence-electron chi connectivity index (χ3n) is 7.62. The second-order valence-corrected chi connectivity index (χ2v) is 8.76. The van der Waals surface area contributed by atoms with Gasteiger partial charge in [-0.15, -0.1) is 0 Å². The number of hydrogen-bond donors (Lipinski definition) is 1. The van der Waals surface area contributed by atoms with Crippen molar-refractivity contribution in [3.8, 4) is 0 Å². The fourth-order valence-electron chi connectivity index (χ4n) is 6.23. The second-order valence-electron chi connectivity index (χ2n) is 8.76. The topological polar surface area (TPSA) is 37.3 Å². The number of aliphatic hydroxyl groups is 1. The van der Waals surface area contributed by atoms with Crippen LogP contribution in [0.5, 0.6) is 0 Å². The molecule has 0 spiro atoms. The molecule has 0 heterocycles. The van der Waals surface area contributed by atoms with E-state index in [4.69, 9.17) is 0 Å². The van der Waals surface area contributed by atoms with Crippen LogP contribution in [0.15, 0.2) is 0 Å². The normalized spacial score (nSPS) is 49.5. The summed E-state index contributed by atoms with van der Waals surface area (Å²) < 4.78 is 0. The average Bonchev–Trinajstić information content (AvgIpc) is 2.73. The SMILES string of the molecule is CC(=O)CC[C@@]1(C)CCC[C@@H]2[C@@H]1CC[C@]1(C)[C@@H](O)CC[C@@H]21. The minimum Gasteiger partial charge on any atom is -0.393 e. The van der Waals surface area contributed by atoms with Crippen LogP contribution in [-0.2, 0) is 4.79 Å². The lowest BCUT2D eigenvalue weighted by Crippen LogP contribution is -2.49. The Kier molecular flexibility index (Phi) is 3.97. The lowest BCUT2D eigenvalue weighted by atomic mass is 9.49. The van der Waals surface area contributed by atoms with Crippen LogP contribution >= 0.6 is 0 Å². The van der Waals surface area contributed by atoms with E-state index in [9.17, 15) is 9.90 Å². The van der Waals surface area contributed by atoms with Crippen molar-refractivity contribution in [1.82, 2.24) is 0 Å². The molecule has 3 fully saturated rings. The van der Waals surface area contributed by atoms with Crippen molar-refractivity contribution in [2.75, 3.05) is 0 Å². The predicted octanol–water partition coefficient (Wildman–Crippen LogP) is 4.35. The van der Waals surface area contributed by atoms with Crippen LogP contribution in [0.4, 0.5) is 0 Å². The maximum atomic E-state index is 11.4. The maximum Gasteiger partial charge on any atom is 0.129 e. The molecule has 3 aliphatic carbocycles. The van der Waals surface area contributed by atoms with E-state index in [2.05, 4.69) is 13.8 Å². The molecule has 0 amide bonds.